The number of nitrogens with zero attached hydrogens (tertiary/aromatic N) is 6. The molecule has 58 heavy (non-hydrogen) atoms. The van der Waals surface area contributed by atoms with E-state index in [0.29, 0.717) is 60.7 Å². The molecule has 0 atom stereocenters. The maximum Gasteiger partial charge on any atom is 0.254 e. The summed E-state index contributed by atoms with van der Waals surface area (Å²) < 4.78 is 28.1. The van der Waals surface area contributed by atoms with Crippen LogP contribution in [-0.2, 0) is 31.0 Å². The van der Waals surface area contributed by atoms with Gasteiger partial charge in [-0.05, 0) is 59.7 Å². The van der Waals surface area contributed by atoms with Gasteiger partial charge in [-0.1, -0.05) is 47.1 Å². The first-order valence-electron chi connectivity index (χ1n) is 18.2. The van der Waals surface area contributed by atoms with Crippen molar-refractivity contribution in [1.82, 2.24) is 30.4 Å². The number of halogens is 2. The van der Waals surface area contributed by atoms with Gasteiger partial charge in [0.25, 0.3) is 5.91 Å². The number of hydrazone groups is 1. The molecular weight excluding hydrogens is 805 g/mol. The highest BCUT2D eigenvalue weighted by atomic mass is 35.5. The lowest BCUT2D eigenvalue weighted by Gasteiger charge is -2.33. The first-order chi connectivity index (χ1) is 27.9. The largest absolute Gasteiger partial charge is 0.507 e. The van der Waals surface area contributed by atoms with E-state index < -0.39 is 0 Å². The summed E-state index contributed by atoms with van der Waals surface area (Å²) in [4.78, 5) is 26.2. The summed E-state index contributed by atoms with van der Waals surface area (Å²) in [6, 6.07) is 25.9. The summed E-state index contributed by atoms with van der Waals surface area (Å²) in [6.45, 7) is 4.52. The number of hydrogen-bond donors (Lipinski definition) is 2. The molecule has 0 radical (unpaired) electrons. The monoisotopic (exact) mass is 843 g/mol. The second-order valence-corrected chi connectivity index (χ2v) is 14.8. The maximum atomic E-state index is 12.6. The van der Waals surface area contributed by atoms with Gasteiger partial charge in [0.05, 0.1) is 30.0 Å². The summed E-state index contributed by atoms with van der Waals surface area (Å²) in [5, 5.41) is 22.4. The Labute approximate surface area is 349 Å². The number of rotatable bonds is 15. The first-order valence-corrected chi connectivity index (χ1v) is 19.5. The lowest BCUT2D eigenvalue weighted by molar-refractivity contribution is -0.122. The van der Waals surface area contributed by atoms with Crippen molar-refractivity contribution in [3.8, 4) is 40.1 Å². The fourth-order valence-corrected chi connectivity index (χ4v) is 7.13. The average molecular weight is 845 g/mol. The van der Waals surface area contributed by atoms with Crippen LogP contribution in [0.5, 0.6) is 28.7 Å². The fourth-order valence-electron chi connectivity index (χ4n) is 6.19. The van der Waals surface area contributed by atoms with Crippen LogP contribution in [0.3, 0.4) is 0 Å². The molecule has 4 heterocycles. The minimum absolute atomic E-state index is 0. The van der Waals surface area contributed by atoms with Crippen LogP contribution in [-0.4, -0.2) is 81.7 Å². The highest BCUT2D eigenvalue weighted by Crippen LogP contribution is 2.33. The molecule has 0 aliphatic carbocycles. The number of nitrogens with one attached hydrogen (secondary N) is 1. The number of carbonyl (C=O) groups excluding carboxylic acids is 1. The number of phenolic OH excluding ortho intramolecular Hbond substituents is 1. The highest BCUT2D eigenvalue weighted by Gasteiger charge is 2.21. The van der Waals surface area contributed by atoms with Crippen LogP contribution in [0.2, 0.25) is 5.02 Å². The summed E-state index contributed by atoms with van der Waals surface area (Å²) >= 11 is 7.50. The number of aromatic nitrogens is 3. The van der Waals surface area contributed by atoms with Crippen molar-refractivity contribution < 1.29 is 33.4 Å². The van der Waals surface area contributed by atoms with Gasteiger partial charge in [-0.25, -0.2) is 10.4 Å². The second kappa shape index (κ2) is 19.2. The first kappa shape index (κ1) is 40.5. The van der Waals surface area contributed by atoms with E-state index in [1.165, 1.54) is 12.3 Å². The number of phenols is 1. The molecule has 0 unspecified atom stereocenters. The number of ether oxygens (including phenoxy) is 4. The van der Waals surface area contributed by atoms with Crippen LogP contribution < -0.4 is 24.4 Å². The maximum absolute atomic E-state index is 12.6. The van der Waals surface area contributed by atoms with Gasteiger partial charge in [0.15, 0.2) is 11.5 Å². The van der Waals surface area contributed by atoms with Crippen molar-refractivity contribution in [3.63, 3.8) is 0 Å². The van der Waals surface area contributed by atoms with Crippen molar-refractivity contribution in [3.05, 3.63) is 129 Å². The van der Waals surface area contributed by atoms with Crippen molar-refractivity contribution in [2.24, 2.45) is 5.10 Å². The van der Waals surface area contributed by atoms with Crippen LogP contribution >= 0.6 is 35.3 Å². The van der Waals surface area contributed by atoms with Crippen molar-refractivity contribution in [2.75, 3.05) is 39.5 Å². The van der Waals surface area contributed by atoms with Gasteiger partial charge in [-0.15, -0.1) is 23.7 Å². The third-order valence-electron chi connectivity index (χ3n) is 9.26. The molecule has 1 amide bonds. The summed E-state index contributed by atoms with van der Waals surface area (Å²) in [6.07, 6.45) is 2.08. The van der Waals surface area contributed by atoms with Crippen LogP contribution in [0.15, 0.2) is 99.9 Å². The molecule has 6 aromatic rings. The van der Waals surface area contributed by atoms with Crippen LogP contribution in [0, 0.1) is 0 Å². The minimum Gasteiger partial charge on any atom is -0.507 e. The fraction of sp³-hybridized carbons (Fsp3) is 0.244. The summed E-state index contributed by atoms with van der Waals surface area (Å²) in [5.41, 5.74) is 6.75. The molecular formula is C41H39Cl2N7O7S. The van der Waals surface area contributed by atoms with E-state index in [1.807, 2.05) is 60.0 Å². The van der Waals surface area contributed by atoms with Gasteiger partial charge in [0.2, 0.25) is 18.5 Å². The Morgan fingerprint density at radius 2 is 1.62 bits per heavy atom. The van der Waals surface area contributed by atoms with Crippen LogP contribution in [0.25, 0.3) is 11.4 Å². The predicted molar refractivity (Wildman–Crippen MR) is 220 cm³/mol. The molecule has 17 heteroatoms. The van der Waals surface area contributed by atoms with Gasteiger partial charge in [0.1, 0.15) is 30.5 Å². The molecule has 1 fully saturated rings. The number of carbonyl (C=O) groups is 1. The summed E-state index contributed by atoms with van der Waals surface area (Å²) in [5.74, 6) is 3.54. The minimum atomic E-state index is -0.246. The van der Waals surface area contributed by atoms with Crippen molar-refractivity contribution in [2.45, 2.75) is 26.2 Å². The zero-order valence-electron chi connectivity index (χ0n) is 31.1. The standard InChI is InChI=1S/C41H38ClN7O7S.ClH/c42-31-7-10-33(11-8-31)52-23-27-1-4-29(5-2-27)41-45-39(56-47-41)22-49-15-13-48(14-16-49)21-38(51)46-43-20-30-6-9-34(19-35(30)50)53-24-32-25-57-40(44-32)18-28-3-12-36-37(17-28)55-26-54-36;/h1-12,17,19-20,25,50H,13-16,18,21-24,26H2,(H,46,51);1H. The van der Waals surface area contributed by atoms with Crippen molar-refractivity contribution in [1.29, 1.82) is 0 Å². The van der Waals surface area contributed by atoms with E-state index in [1.54, 1.807) is 35.6 Å². The van der Waals surface area contributed by atoms with Gasteiger partial charge < -0.3 is 28.6 Å². The van der Waals surface area contributed by atoms with Gasteiger partial charge >= 0.3 is 0 Å². The quantitative estimate of drug-likeness (QED) is 0.0833. The SMILES string of the molecule is Cl.O=C(CN1CCN(Cc2nc(-c3ccc(COc4ccc(Cl)cc4)cc3)no2)CC1)NN=Cc1ccc(OCc2csc(Cc3ccc4c(c3)OCO4)n2)cc1O. The highest BCUT2D eigenvalue weighted by molar-refractivity contribution is 7.09. The molecule has 4 aromatic carbocycles. The number of fused-ring (bicyclic) bond motifs is 1. The van der Waals surface area contributed by atoms with Gasteiger partial charge in [-0.3, -0.25) is 14.6 Å². The Kier molecular flexibility index (Phi) is 13.4. The number of benzene rings is 4. The van der Waals surface area contributed by atoms with Crippen molar-refractivity contribution >= 4 is 47.5 Å². The molecule has 8 rings (SSSR count). The number of amides is 1. The number of thiazole rings is 1. The third kappa shape index (κ3) is 10.8. The topological polar surface area (TPSA) is 157 Å². The van der Waals surface area contributed by atoms with Crippen LogP contribution in [0.4, 0.5) is 0 Å². The third-order valence-corrected chi connectivity index (χ3v) is 10.4. The number of aromatic hydroxyl groups is 1. The molecule has 1 saturated heterocycles. The molecule has 2 N–H and O–H groups in total. The zero-order chi connectivity index (χ0) is 39.0. The average Bonchev–Trinajstić information content (AvgIpc) is 4.00. The molecule has 2 aromatic heterocycles. The Morgan fingerprint density at radius 1 is 0.879 bits per heavy atom. The Hall–Kier alpha value is -5.71. The van der Waals surface area contributed by atoms with E-state index in [2.05, 4.69) is 35.5 Å². The molecule has 2 aliphatic rings. The van der Waals surface area contributed by atoms with E-state index in [-0.39, 0.29) is 44.0 Å². The normalized spacial score (nSPS) is 14.0. The molecule has 0 saturated carbocycles. The van der Waals surface area contributed by atoms with Gasteiger partial charge in [0, 0.05) is 60.2 Å². The molecule has 14 nitrogen and oxygen atoms in total. The number of hydrogen-bond acceptors (Lipinski definition) is 14. The molecule has 2 aliphatic heterocycles. The smallest absolute Gasteiger partial charge is 0.254 e. The molecule has 0 spiro atoms. The van der Waals surface area contributed by atoms with E-state index in [9.17, 15) is 9.90 Å². The van der Waals surface area contributed by atoms with Gasteiger partial charge in [-0.2, -0.15) is 10.1 Å². The Bertz CT molecular complexity index is 2330. The van der Waals surface area contributed by atoms with E-state index in [0.717, 1.165) is 57.7 Å². The van der Waals surface area contributed by atoms with E-state index >= 15 is 0 Å². The Morgan fingerprint density at radius 3 is 2.43 bits per heavy atom. The Balaban J connectivity index is 0.00000512. The zero-order valence-corrected chi connectivity index (χ0v) is 33.5. The lowest BCUT2D eigenvalue weighted by Crippen LogP contribution is -2.48. The second-order valence-electron chi connectivity index (χ2n) is 13.4. The summed E-state index contributed by atoms with van der Waals surface area (Å²) in [7, 11) is 0. The predicted octanol–water partition coefficient (Wildman–Crippen LogP) is 6.72. The molecule has 300 valence electrons. The van der Waals surface area contributed by atoms with Crippen LogP contribution in [0.1, 0.15) is 33.3 Å². The molecule has 0 bridgehead atoms. The lowest BCUT2D eigenvalue weighted by atomic mass is 10.1. The van der Waals surface area contributed by atoms with E-state index in [4.69, 9.17) is 35.1 Å². The number of piperazine rings is 1.